The van der Waals surface area contributed by atoms with Gasteiger partial charge in [-0.05, 0) is 79.1 Å². The fraction of sp³-hybridized carbons (Fsp3) is 0.294. The van der Waals surface area contributed by atoms with Gasteiger partial charge in [0.2, 0.25) is 0 Å². The number of anilines is 1. The second kappa shape index (κ2) is 11.2. The van der Waals surface area contributed by atoms with Crippen molar-refractivity contribution in [2.75, 3.05) is 4.90 Å². The van der Waals surface area contributed by atoms with Crippen LogP contribution in [0.15, 0.2) is 86.6 Å². The molecule has 0 radical (unpaired) electrons. The Morgan fingerprint density at radius 3 is 2.54 bits per heavy atom. The highest BCUT2D eigenvalue weighted by atomic mass is 79.9. The minimum absolute atomic E-state index is 0.0271. The third-order valence-electron chi connectivity index (χ3n) is 8.02. The summed E-state index contributed by atoms with van der Waals surface area (Å²) in [5.41, 5.74) is 13.5. The van der Waals surface area contributed by atoms with E-state index in [1.54, 1.807) is 28.8 Å². The van der Waals surface area contributed by atoms with Gasteiger partial charge >= 0.3 is 0 Å². The molecule has 0 saturated heterocycles. The quantitative estimate of drug-likeness (QED) is 0.286. The molecule has 7 heteroatoms. The number of halogens is 2. The molecule has 0 aromatic heterocycles. The van der Waals surface area contributed by atoms with E-state index in [2.05, 4.69) is 60.1 Å². The molecular formula is C34H33BrFN3OS. The molecule has 1 unspecified atom stereocenters. The monoisotopic (exact) mass is 629 g/mol. The number of nitriles is 1. The zero-order chi connectivity index (χ0) is 29.6. The van der Waals surface area contributed by atoms with Crippen LogP contribution in [0.5, 0.6) is 0 Å². The molecule has 4 nitrogen and oxygen atoms in total. The lowest BCUT2D eigenvalue weighted by Gasteiger charge is -2.44. The smallest absolute Gasteiger partial charge is 0.162 e. The molecule has 5 rings (SSSR count). The van der Waals surface area contributed by atoms with Crippen molar-refractivity contribution >= 4 is 39.2 Å². The fourth-order valence-corrected chi connectivity index (χ4v) is 7.46. The lowest BCUT2D eigenvalue weighted by molar-refractivity contribution is -0.118. The van der Waals surface area contributed by atoms with Crippen molar-refractivity contribution in [2.24, 2.45) is 11.1 Å². The molecule has 0 spiro atoms. The van der Waals surface area contributed by atoms with Gasteiger partial charge in [0.05, 0.1) is 23.2 Å². The van der Waals surface area contributed by atoms with Crippen LogP contribution in [0.3, 0.4) is 0 Å². The molecular weight excluding hydrogens is 597 g/mol. The molecule has 1 atom stereocenters. The topological polar surface area (TPSA) is 70.1 Å². The predicted octanol–water partition coefficient (Wildman–Crippen LogP) is 8.75. The van der Waals surface area contributed by atoms with Gasteiger partial charge in [0.15, 0.2) is 5.78 Å². The third-order valence-corrected chi connectivity index (χ3v) is 9.74. The molecule has 2 N–H and O–H groups in total. The van der Waals surface area contributed by atoms with E-state index in [0.717, 1.165) is 28.0 Å². The number of carbonyl (C=O) groups excluding carboxylic acids is 1. The zero-order valence-electron chi connectivity index (χ0n) is 23.9. The highest BCUT2D eigenvalue weighted by molar-refractivity contribution is 9.10. The van der Waals surface area contributed by atoms with Crippen LogP contribution in [0.25, 0.3) is 0 Å². The molecule has 1 aliphatic carbocycles. The van der Waals surface area contributed by atoms with Crippen molar-refractivity contribution in [2.45, 2.75) is 64.0 Å². The second-order valence-electron chi connectivity index (χ2n) is 11.8. The Bertz CT molecular complexity index is 1680. The summed E-state index contributed by atoms with van der Waals surface area (Å²) in [6.07, 6.45) is 0.874. The summed E-state index contributed by atoms with van der Waals surface area (Å²) in [5, 5.41) is 10.5. The Hall–Kier alpha value is -3.34. The maximum absolute atomic E-state index is 15.4. The van der Waals surface area contributed by atoms with E-state index in [4.69, 9.17) is 5.73 Å². The molecule has 41 heavy (non-hydrogen) atoms. The van der Waals surface area contributed by atoms with Crippen molar-refractivity contribution < 1.29 is 9.18 Å². The zero-order valence-corrected chi connectivity index (χ0v) is 26.3. The molecule has 0 bridgehead atoms. The van der Waals surface area contributed by atoms with E-state index >= 15 is 4.39 Å². The van der Waals surface area contributed by atoms with Crippen molar-refractivity contribution in [1.29, 1.82) is 5.26 Å². The molecule has 1 heterocycles. The van der Waals surface area contributed by atoms with Gasteiger partial charge in [0.25, 0.3) is 0 Å². The van der Waals surface area contributed by atoms with Crippen LogP contribution in [-0.2, 0) is 10.5 Å². The van der Waals surface area contributed by atoms with Crippen LogP contribution in [0.2, 0.25) is 0 Å². The van der Waals surface area contributed by atoms with Gasteiger partial charge in [-0.3, -0.25) is 9.69 Å². The van der Waals surface area contributed by atoms with E-state index in [-0.39, 0.29) is 28.3 Å². The molecule has 2 aliphatic rings. The molecule has 0 saturated carbocycles. The lowest BCUT2D eigenvalue weighted by atomic mass is 9.68. The molecule has 0 fully saturated rings. The van der Waals surface area contributed by atoms with Gasteiger partial charge < -0.3 is 5.73 Å². The van der Waals surface area contributed by atoms with Crippen LogP contribution >= 0.6 is 27.7 Å². The van der Waals surface area contributed by atoms with Crippen molar-refractivity contribution in [3.8, 4) is 6.07 Å². The largest absolute Gasteiger partial charge is 0.384 e. The average Bonchev–Trinajstić information content (AvgIpc) is 2.89. The number of allylic oxidation sites excluding steroid dienone is 3. The molecule has 1 aliphatic heterocycles. The first-order valence-corrected chi connectivity index (χ1v) is 15.4. The fourth-order valence-electron chi connectivity index (χ4n) is 6.04. The highest BCUT2D eigenvalue weighted by Gasteiger charge is 2.45. The van der Waals surface area contributed by atoms with Gasteiger partial charge in [-0.25, -0.2) is 4.39 Å². The van der Waals surface area contributed by atoms with E-state index in [1.165, 1.54) is 16.5 Å². The Balaban J connectivity index is 1.69. The standard InChI is InChI=1S/C34H33BrFN3OS/c1-19-12-22(18-41-30-9-7-6-8-20(30)2)21(3)24(13-19)31-25(17-37)33(38)39(27-11-10-23(35)14-26(27)36)28-15-34(4,5)16-29(40)32(28)31/h6-14,31H,15-16,18,38H2,1-5H3. The minimum Gasteiger partial charge on any atom is -0.384 e. The number of aryl methyl sites for hydroxylation is 2. The number of rotatable bonds is 5. The normalized spacial score (nSPS) is 18.4. The van der Waals surface area contributed by atoms with E-state index < -0.39 is 11.7 Å². The average molecular weight is 631 g/mol. The summed E-state index contributed by atoms with van der Waals surface area (Å²) in [5.74, 6) is -0.207. The molecule has 210 valence electrons. The highest BCUT2D eigenvalue weighted by Crippen LogP contribution is 2.51. The van der Waals surface area contributed by atoms with Crippen molar-refractivity contribution in [3.63, 3.8) is 0 Å². The Morgan fingerprint density at radius 1 is 1.12 bits per heavy atom. The van der Waals surface area contributed by atoms with Gasteiger partial charge in [0.1, 0.15) is 11.6 Å². The SMILES string of the molecule is Cc1cc(CSc2ccccc2C)c(C)c(C2C(C#N)=C(N)N(c3ccc(Br)cc3F)C3=C2C(=O)CC(C)(C)C3)c1. The summed E-state index contributed by atoms with van der Waals surface area (Å²) in [4.78, 5) is 16.8. The van der Waals surface area contributed by atoms with Crippen LogP contribution in [0.4, 0.5) is 10.1 Å². The van der Waals surface area contributed by atoms with Crippen LogP contribution in [0, 0.1) is 43.3 Å². The van der Waals surface area contributed by atoms with Gasteiger partial charge in [-0.2, -0.15) is 5.26 Å². The Labute approximate surface area is 254 Å². The summed E-state index contributed by atoms with van der Waals surface area (Å²) >= 11 is 5.10. The van der Waals surface area contributed by atoms with E-state index in [9.17, 15) is 10.1 Å². The number of hydrogen-bond donors (Lipinski definition) is 1. The van der Waals surface area contributed by atoms with Crippen molar-refractivity contribution in [1.82, 2.24) is 0 Å². The number of nitrogens with two attached hydrogens (primary N) is 1. The Morgan fingerprint density at radius 2 is 1.85 bits per heavy atom. The Kier molecular flexibility index (Phi) is 7.93. The van der Waals surface area contributed by atoms with Crippen LogP contribution in [-0.4, -0.2) is 5.78 Å². The maximum Gasteiger partial charge on any atom is 0.162 e. The number of benzene rings is 3. The number of ketones is 1. The summed E-state index contributed by atoms with van der Waals surface area (Å²) in [6.45, 7) is 10.3. The number of carbonyl (C=O) groups is 1. The number of thioether (sulfide) groups is 1. The number of Topliss-reactive ketones (excluding diaryl/α,β-unsaturated/α-hetero) is 1. The van der Waals surface area contributed by atoms with Crippen molar-refractivity contribution in [3.05, 3.63) is 115 Å². The second-order valence-corrected chi connectivity index (χ2v) is 13.7. The first kappa shape index (κ1) is 29.2. The van der Waals surface area contributed by atoms with Gasteiger partial charge in [0, 0.05) is 32.8 Å². The molecule has 3 aromatic carbocycles. The summed E-state index contributed by atoms with van der Waals surface area (Å²) in [7, 11) is 0. The first-order chi connectivity index (χ1) is 19.4. The van der Waals surface area contributed by atoms with E-state index in [1.807, 2.05) is 32.9 Å². The summed E-state index contributed by atoms with van der Waals surface area (Å²) < 4.78 is 16.0. The maximum atomic E-state index is 15.4. The molecule has 3 aromatic rings. The summed E-state index contributed by atoms with van der Waals surface area (Å²) in [6, 6.07) is 19.6. The van der Waals surface area contributed by atoms with Crippen LogP contribution in [0.1, 0.15) is 60.4 Å². The number of hydrogen-bond acceptors (Lipinski definition) is 5. The van der Waals surface area contributed by atoms with Gasteiger partial charge in [-0.15, -0.1) is 11.8 Å². The van der Waals surface area contributed by atoms with E-state index in [0.29, 0.717) is 28.6 Å². The predicted molar refractivity (Wildman–Crippen MR) is 168 cm³/mol. The minimum atomic E-state index is -0.615. The van der Waals surface area contributed by atoms with Crippen LogP contribution < -0.4 is 10.6 Å². The number of nitrogens with zero attached hydrogens (tertiary/aromatic N) is 2. The molecule has 0 amide bonds. The third kappa shape index (κ3) is 5.48. The lowest BCUT2D eigenvalue weighted by Crippen LogP contribution is -2.42. The first-order valence-electron chi connectivity index (χ1n) is 13.6. The van der Waals surface area contributed by atoms with Gasteiger partial charge in [-0.1, -0.05) is 65.7 Å².